The van der Waals surface area contributed by atoms with Gasteiger partial charge >= 0.3 is 0 Å². The normalized spacial score (nSPS) is 29.0. The monoisotopic (exact) mass is 404 g/mol. The minimum absolute atomic E-state index is 0.607. The zero-order valence-electron chi connectivity index (χ0n) is 17.8. The zero-order valence-corrected chi connectivity index (χ0v) is 17.8. The van der Waals surface area contributed by atoms with Crippen molar-refractivity contribution in [1.29, 1.82) is 0 Å². The van der Waals surface area contributed by atoms with Gasteiger partial charge in [-0.3, -0.25) is 0 Å². The van der Waals surface area contributed by atoms with Gasteiger partial charge < -0.3 is 4.57 Å². The van der Waals surface area contributed by atoms with Crippen LogP contribution in [0.4, 0.5) is 0 Å². The molecule has 0 radical (unpaired) electrons. The number of hydrogen-bond acceptors (Lipinski definition) is 1. The first kappa shape index (κ1) is 17.8. The van der Waals surface area contributed by atoms with Gasteiger partial charge in [-0.1, -0.05) is 60.7 Å². The van der Waals surface area contributed by atoms with E-state index in [9.17, 15) is 0 Å². The van der Waals surface area contributed by atoms with Crippen molar-refractivity contribution in [2.24, 2.45) is 23.7 Å². The van der Waals surface area contributed by atoms with Gasteiger partial charge in [-0.2, -0.15) is 0 Å². The van der Waals surface area contributed by atoms with E-state index >= 15 is 0 Å². The predicted octanol–water partition coefficient (Wildman–Crippen LogP) is 7.37. The van der Waals surface area contributed by atoms with Gasteiger partial charge in [0, 0.05) is 11.6 Å². The predicted molar refractivity (Wildman–Crippen MR) is 127 cm³/mol. The van der Waals surface area contributed by atoms with Gasteiger partial charge in [0.2, 0.25) is 0 Å². The lowest BCUT2D eigenvalue weighted by molar-refractivity contribution is -0.0270. The fourth-order valence-electron chi connectivity index (χ4n) is 7.34. The molecule has 4 aliphatic carbocycles. The summed E-state index contributed by atoms with van der Waals surface area (Å²) in [6.07, 6.45) is 7.19. The summed E-state index contributed by atoms with van der Waals surface area (Å²) in [5.41, 5.74) is 6.23. The number of para-hydroxylation sites is 2. The molecule has 0 N–H and O–H groups in total. The zero-order chi connectivity index (χ0) is 20.4. The minimum Gasteiger partial charge on any atom is -0.320 e. The van der Waals surface area contributed by atoms with Crippen molar-refractivity contribution in [3.8, 4) is 22.5 Å². The van der Waals surface area contributed by atoms with Gasteiger partial charge in [-0.05, 0) is 85.1 Å². The van der Waals surface area contributed by atoms with Crippen LogP contribution in [0.1, 0.15) is 38.1 Å². The Kier molecular flexibility index (Phi) is 3.91. The molecule has 31 heavy (non-hydrogen) atoms. The lowest BCUT2D eigenvalue weighted by Gasteiger charge is -2.55. The highest BCUT2D eigenvalue weighted by Crippen LogP contribution is 2.59. The SMILES string of the molecule is c1ccc(-c2cccc(-c3nc4ccccc4n3C3C4CC5CC(C4)CC3C5)c2)cc1. The van der Waals surface area contributed by atoms with Gasteiger partial charge in [0.1, 0.15) is 5.82 Å². The van der Waals surface area contributed by atoms with Gasteiger partial charge in [-0.15, -0.1) is 0 Å². The molecular formula is C29H28N2. The quantitative estimate of drug-likeness (QED) is 0.348. The molecule has 8 rings (SSSR count). The standard InChI is InChI=1S/C29H28N2/c1-2-7-21(8-3-1)22-9-6-10-23(18-22)29-30-26-11-4-5-12-27(26)31(29)28-24-14-19-13-20(16-24)17-25(28)15-19/h1-12,18-20,24-25,28H,13-17H2. The highest BCUT2D eigenvalue weighted by Gasteiger charge is 2.49. The number of fused-ring (bicyclic) bond motifs is 1. The van der Waals surface area contributed by atoms with E-state index in [1.54, 1.807) is 0 Å². The van der Waals surface area contributed by atoms with E-state index in [0.29, 0.717) is 6.04 Å². The Morgan fingerprint density at radius 1 is 0.613 bits per heavy atom. The Labute approximate surface area is 183 Å². The van der Waals surface area contributed by atoms with Gasteiger partial charge in [0.05, 0.1) is 11.0 Å². The van der Waals surface area contributed by atoms with Crippen LogP contribution in [0.3, 0.4) is 0 Å². The largest absolute Gasteiger partial charge is 0.320 e. The Morgan fingerprint density at radius 2 is 1.26 bits per heavy atom. The maximum Gasteiger partial charge on any atom is 0.141 e. The molecule has 4 fully saturated rings. The molecule has 4 saturated carbocycles. The van der Waals surface area contributed by atoms with Crippen molar-refractivity contribution in [1.82, 2.24) is 9.55 Å². The second-order valence-electron chi connectivity index (χ2n) is 10.2. The molecule has 0 amide bonds. The van der Waals surface area contributed by atoms with E-state index < -0.39 is 0 Å². The second kappa shape index (κ2) is 6.82. The van der Waals surface area contributed by atoms with Crippen LogP contribution >= 0.6 is 0 Å². The highest BCUT2D eigenvalue weighted by molar-refractivity contribution is 5.82. The molecule has 0 saturated heterocycles. The van der Waals surface area contributed by atoms with Crippen LogP contribution in [0, 0.1) is 23.7 Å². The summed E-state index contributed by atoms with van der Waals surface area (Å²) in [5.74, 6) is 4.78. The van der Waals surface area contributed by atoms with Gasteiger partial charge in [-0.25, -0.2) is 4.98 Å². The molecule has 1 heterocycles. The third-order valence-electron chi connectivity index (χ3n) is 8.30. The van der Waals surface area contributed by atoms with Crippen LogP contribution in [0.5, 0.6) is 0 Å². The Hall–Kier alpha value is -2.87. The van der Waals surface area contributed by atoms with Crippen molar-refractivity contribution >= 4 is 11.0 Å². The molecule has 0 aliphatic heterocycles. The molecule has 154 valence electrons. The Bertz CT molecular complexity index is 1220. The summed E-state index contributed by atoms with van der Waals surface area (Å²) >= 11 is 0. The summed E-state index contributed by atoms with van der Waals surface area (Å²) in [7, 11) is 0. The minimum atomic E-state index is 0.607. The van der Waals surface area contributed by atoms with E-state index in [-0.39, 0.29) is 0 Å². The molecule has 4 aliphatic rings. The van der Waals surface area contributed by atoms with Crippen molar-refractivity contribution < 1.29 is 0 Å². The molecule has 3 aromatic carbocycles. The van der Waals surface area contributed by atoms with Crippen LogP contribution in [-0.4, -0.2) is 9.55 Å². The first-order valence-corrected chi connectivity index (χ1v) is 12.0. The molecule has 0 atom stereocenters. The van der Waals surface area contributed by atoms with E-state index in [1.165, 1.54) is 54.3 Å². The molecule has 0 spiro atoms. The third kappa shape index (κ3) is 2.81. The number of benzene rings is 3. The van der Waals surface area contributed by atoms with Crippen molar-refractivity contribution in [2.75, 3.05) is 0 Å². The van der Waals surface area contributed by atoms with E-state index in [0.717, 1.165) is 35.0 Å². The highest BCUT2D eigenvalue weighted by atomic mass is 15.1. The van der Waals surface area contributed by atoms with E-state index in [2.05, 4.69) is 83.4 Å². The third-order valence-corrected chi connectivity index (χ3v) is 8.30. The van der Waals surface area contributed by atoms with Crippen molar-refractivity contribution in [3.63, 3.8) is 0 Å². The number of rotatable bonds is 3. The summed E-state index contributed by atoms with van der Waals surface area (Å²) in [6.45, 7) is 0. The molecule has 4 aromatic rings. The number of hydrogen-bond donors (Lipinski definition) is 0. The molecule has 4 bridgehead atoms. The van der Waals surface area contributed by atoms with Crippen LogP contribution in [-0.2, 0) is 0 Å². The van der Waals surface area contributed by atoms with Crippen molar-refractivity contribution in [2.45, 2.75) is 38.1 Å². The van der Waals surface area contributed by atoms with Gasteiger partial charge in [0.25, 0.3) is 0 Å². The second-order valence-corrected chi connectivity index (χ2v) is 10.2. The fraction of sp³-hybridized carbons (Fsp3) is 0.345. The summed E-state index contributed by atoms with van der Waals surface area (Å²) in [5, 5.41) is 0. The van der Waals surface area contributed by atoms with Crippen LogP contribution in [0.2, 0.25) is 0 Å². The molecule has 2 nitrogen and oxygen atoms in total. The van der Waals surface area contributed by atoms with E-state index in [1.807, 2.05) is 0 Å². The maximum absolute atomic E-state index is 5.21. The van der Waals surface area contributed by atoms with Crippen LogP contribution < -0.4 is 0 Å². The summed E-state index contributed by atoms with van der Waals surface area (Å²) in [4.78, 5) is 5.21. The van der Waals surface area contributed by atoms with Crippen LogP contribution in [0.15, 0.2) is 78.9 Å². The average molecular weight is 405 g/mol. The fourth-order valence-corrected chi connectivity index (χ4v) is 7.34. The Balaban J connectivity index is 1.40. The van der Waals surface area contributed by atoms with Gasteiger partial charge in [0.15, 0.2) is 0 Å². The Morgan fingerprint density at radius 3 is 2.03 bits per heavy atom. The molecule has 0 unspecified atom stereocenters. The number of imidazole rings is 1. The number of aromatic nitrogens is 2. The number of nitrogens with zero attached hydrogens (tertiary/aromatic N) is 2. The smallest absolute Gasteiger partial charge is 0.141 e. The molecule has 2 heteroatoms. The van der Waals surface area contributed by atoms with Crippen LogP contribution in [0.25, 0.3) is 33.5 Å². The summed E-state index contributed by atoms with van der Waals surface area (Å²) in [6, 6.07) is 29.1. The first-order chi connectivity index (χ1) is 15.3. The lowest BCUT2D eigenvalue weighted by Crippen LogP contribution is -2.46. The van der Waals surface area contributed by atoms with Crippen molar-refractivity contribution in [3.05, 3.63) is 78.9 Å². The maximum atomic E-state index is 5.21. The van der Waals surface area contributed by atoms with E-state index in [4.69, 9.17) is 4.98 Å². The summed E-state index contributed by atoms with van der Waals surface area (Å²) < 4.78 is 2.66. The average Bonchev–Trinajstić information content (AvgIpc) is 3.19. The molecule has 1 aromatic heterocycles. The molecular weight excluding hydrogens is 376 g/mol. The lowest BCUT2D eigenvalue weighted by atomic mass is 9.54. The first-order valence-electron chi connectivity index (χ1n) is 12.0. The topological polar surface area (TPSA) is 17.8 Å².